The molecule has 2 rings (SSSR count). The first-order valence-electron chi connectivity index (χ1n) is 9.06. The highest BCUT2D eigenvalue weighted by molar-refractivity contribution is 6.00. The highest BCUT2D eigenvalue weighted by Crippen LogP contribution is 2.14. The van der Waals surface area contributed by atoms with Crippen molar-refractivity contribution in [2.24, 2.45) is 0 Å². The molecule has 0 bridgehead atoms. The predicted molar refractivity (Wildman–Crippen MR) is 106 cm³/mol. The van der Waals surface area contributed by atoms with Crippen LogP contribution in [0.25, 0.3) is 0 Å². The smallest absolute Gasteiger partial charge is 0.319 e. The number of carbonyl (C=O) groups is 3. The number of amides is 2. The maximum Gasteiger partial charge on any atom is 0.319 e. The van der Waals surface area contributed by atoms with Gasteiger partial charge in [-0.05, 0) is 50.2 Å². The van der Waals surface area contributed by atoms with Crippen LogP contribution in [0.2, 0.25) is 0 Å². The number of hydrogen-bond donors (Lipinski definition) is 2. The largest absolute Gasteiger partial charge is 0.494 e. The van der Waals surface area contributed by atoms with Gasteiger partial charge in [-0.1, -0.05) is 18.2 Å². The normalized spacial score (nSPS) is 11.2. The van der Waals surface area contributed by atoms with Crippen LogP contribution in [0, 0.1) is 0 Å². The van der Waals surface area contributed by atoms with E-state index in [1.165, 1.54) is 6.92 Å². The van der Waals surface area contributed by atoms with Crippen molar-refractivity contribution in [2.75, 3.05) is 18.5 Å². The summed E-state index contributed by atoms with van der Waals surface area (Å²) >= 11 is 0. The SMILES string of the molecule is CCOc1ccc(C(=O)[C@@H](C)OC(=O)CCNC(=O)Nc2ccccc2)cc1. The summed E-state index contributed by atoms with van der Waals surface area (Å²) in [5.74, 6) is -0.193. The third-order valence-corrected chi connectivity index (χ3v) is 3.77. The van der Waals surface area contributed by atoms with Gasteiger partial charge in [-0.3, -0.25) is 9.59 Å². The number of esters is 1. The van der Waals surface area contributed by atoms with Crippen LogP contribution < -0.4 is 15.4 Å². The lowest BCUT2D eigenvalue weighted by atomic mass is 10.1. The highest BCUT2D eigenvalue weighted by atomic mass is 16.5. The summed E-state index contributed by atoms with van der Waals surface area (Å²) in [6.45, 7) is 4.03. The van der Waals surface area contributed by atoms with Crippen LogP contribution >= 0.6 is 0 Å². The van der Waals surface area contributed by atoms with Gasteiger partial charge in [0.05, 0.1) is 13.0 Å². The average Bonchev–Trinajstić information content (AvgIpc) is 2.69. The van der Waals surface area contributed by atoms with Gasteiger partial charge in [-0.2, -0.15) is 0 Å². The lowest BCUT2D eigenvalue weighted by Gasteiger charge is -2.13. The van der Waals surface area contributed by atoms with Gasteiger partial charge in [-0.25, -0.2) is 4.79 Å². The second kappa shape index (κ2) is 10.7. The Labute approximate surface area is 164 Å². The Balaban J connectivity index is 1.72. The molecule has 28 heavy (non-hydrogen) atoms. The van der Waals surface area contributed by atoms with Crippen molar-refractivity contribution < 1.29 is 23.9 Å². The lowest BCUT2D eigenvalue weighted by molar-refractivity contribution is -0.146. The maximum atomic E-state index is 12.3. The molecule has 0 spiro atoms. The van der Waals surface area contributed by atoms with E-state index in [4.69, 9.17) is 9.47 Å². The zero-order valence-electron chi connectivity index (χ0n) is 15.9. The molecule has 0 aliphatic heterocycles. The second-order valence-corrected chi connectivity index (χ2v) is 5.95. The molecule has 0 aliphatic rings. The van der Waals surface area contributed by atoms with Crippen LogP contribution in [0.4, 0.5) is 10.5 Å². The number of urea groups is 1. The number of ether oxygens (including phenoxy) is 2. The molecule has 0 aliphatic carbocycles. The number of ketones is 1. The van der Waals surface area contributed by atoms with E-state index >= 15 is 0 Å². The molecule has 0 radical (unpaired) electrons. The summed E-state index contributed by atoms with van der Waals surface area (Å²) in [7, 11) is 0. The minimum absolute atomic E-state index is 0.0386. The minimum Gasteiger partial charge on any atom is -0.494 e. The molecule has 1 atom stereocenters. The summed E-state index contributed by atoms with van der Waals surface area (Å²) in [6.07, 6.45) is -0.952. The van der Waals surface area contributed by atoms with Gasteiger partial charge in [-0.15, -0.1) is 0 Å². The number of para-hydroxylation sites is 1. The summed E-state index contributed by atoms with van der Waals surface area (Å²) in [5.41, 5.74) is 1.08. The van der Waals surface area contributed by atoms with Crippen molar-refractivity contribution in [3.63, 3.8) is 0 Å². The fourth-order valence-electron chi connectivity index (χ4n) is 2.40. The first-order valence-corrected chi connectivity index (χ1v) is 9.06. The van der Waals surface area contributed by atoms with Gasteiger partial charge in [0.1, 0.15) is 5.75 Å². The highest BCUT2D eigenvalue weighted by Gasteiger charge is 2.19. The molecule has 0 aromatic heterocycles. The number of Topliss-reactive ketones (excluding diaryl/α,β-unsaturated/α-hetero) is 1. The van der Waals surface area contributed by atoms with Crippen LogP contribution in [-0.2, 0) is 9.53 Å². The summed E-state index contributed by atoms with van der Waals surface area (Å²) in [4.78, 5) is 36.0. The van der Waals surface area contributed by atoms with E-state index in [1.807, 2.05) is 13.0 Å². The number of hydrogen-bond acceptors (Lipinski definition) is 5. The van der Waals surface area contributed by atoms with E-state index in [1.54, 1.807) is 48.5 Å². The van der Waals surface area contributed by atoms with Crippen LogP contribution in [0.15, 0.2) is 54.6 Å². The summed E-state index contributed by atoms with van der Waals surface area (Å²) < 4.78 is 10.5. The van der Waals surface area contributed by atoms with Crippen LogP contribution in [-0.4, -0.2) is 37.0 Å². The maximum absolute atomic E-state index is 12.3. The zero-order chi connectivity index (χ0) is 20.4. The van der Waals surface area contributed by atoms with E-state index in [0.29, 0.717) is 23.6 Å². The quantitative estimate of drug-likeness (QED) is 0.510. The molecule has 0 saturated heterocycles. The van der Waals surface area contributed by atoms with Gasteiger partial charge in [0.25, 0.3) is 0 Å². The molecule has 0 heterocycles. The van der Waals surface area contributed by atoms with Crippen LogP contribution in [0.5, 0.6) is 5.75 Å². The number of benzene rings is 2. The molecular weight excluding hydrogens is 360 g/mol. The van der Waals surface area contributed by atoms with Gasteiger partial charge >= 0.3 is 12.0 Å². The second-order valence-electron chi connectivity index (χ2n) is 5.95. The van der Waals surface area contributed by atoms with E-state index in [9.17, 15) is 14.4 Å². The Morgan fingerprint density at radius 2 is 1.68 bits per heavy atom. The zero-order valence-corrected chi connectivity index (χ0v) is 15.9. The Bertz CT molecular complexity index is 790. The molecule has 148 valence electrons. The lowest BCUT2D eigenvalue weighted by Crippen LogP contribution is -2.32. The van der Waals surface area contributed by atoms with Gasteiger partial charge in [0, 0.05) is 17.8 Å². The Kier molecular flexibility index (Phi) is 8.02. The molecule has 2 aromatic rings. The molecular formula is C21H24N2O5. The Hall–Kier alpha value is -3.35. The molecule has 2 aromatic carbocycles. The Morgan fingerprint density at radius 3 is 2.32 bits per heavy atom. The number of nitrogens with one attached hydrogen (secondary N) is 2. The predicted octanol–water partition coefficient (Wildman–Crippen LogP) is 3.41. The van der Waals surface area contributed by atoms with Crippen molar-refractivity contribution in [1.29, 1.82) is 0 Å². The van der Waals surface area contributed by atoms with Gasteiger partial charge in [0.2, 0.25) is 5.78 Å². The van der Waals surface area contributed by atoms with E-state index in [2.05, 4.69) is 10.6 Å². The number of carbonyl (C=O) groups excluding carboxylic acids is 3. The average molecular weight is 384 g/mol. The molecule has 0 fully saturated rings. The van der Waals surface area contributed by atoms with E-state index < -0.39 is 18.1 Å². The van der Waals surface area contributed by atoms with Gasteiger partial charge in [0.15, 0.2) is 6.10 Å². The molecule has 7 heteroatoms. The third kappa shape index (κ3) is 6.75. The molecule has 2 N–H and O–H groups in total. The summed E-state index contributed by atoms with van der Waals surface area (Å²) in [5, 5.41) is 5.21. The van der Waals surface area contributed by atoms with Crippen molar-refractivity contribution in [2.45, 2.75) is 26.4 Å². The Morgan fingerprint density at radius 1 is 1.00 bits per heavy atom. The molecule has 0 unspecified atom stereocenters. The van der Waals surface area contributed by atoms with Crippen LogP contribution in [0.3, 0.4) is 0 Å². The standard InChI is InChI=1S/C21H24N2O5/c1-3-27-18-11-9-16(10-12-18)20(25)15(2)28-19(24)13-14-22-21(26)23-17-7-5-4-6-8-17/h4-12,15H,3,13-14H2,1-2H3,(H2,22,23,26)/t15-/m1/s1. The number of anilines is 1. The van der Waals surface area contributed by atoms with Crippen molar-refractivity contribution in [3.8, 4) is 5.75 Å². The fraction of sp³-hybridized carbons (Fsp3) is 0.286. The number of rotatable bonds is 9. The van der Waals surface area contributed by atoms with Crippen molar-refractivity contribution >= 4 is 23.5 Å². The van der Waals surface area contributed by atoms with E-state index in [0.717, 1.165) is 0 Å². The molecule has 7 nitrogen and oxygen atoms in total. The minimum atomic E-state index is -0.913. The van der Waals surface area contributed by atoms with Crippen molar-refractivity contribution in [1.82, 2.24) is 5.32 Å². The van der Waals surface area contributed by atoms with Crippen molar-refractivity contribution in [3.05, 3.63) is 60.2 Å². The molecule has 2 amide bonds. The fourth-order valence-corrected chi connectivity index (χ4v) is 2.40. The monoisotopic (exact) mass is 384 g/mol. The summed E-state index contributed by atoms with van der Waals surface area (Å²) in [6, 6.07) is 15.2. The first kappa shape index (κ1) is 21.0. The third-order valence-electron chi connectivity index (χ3n) is 3.77. The van der Waals surface area contributed by atoms with E-state index in [-0.39, 0.29) is 18.7 Å². The topological polar surface area (TPSA) is 93.7 Å². The molecule has 0 saturated carbocycles. The first-order chi connectivity index (χ1) is 13.5. The van der Waals surface area contributed by atoms with Gasteiger partial charge < -0.3 is 20.1 Å². The van der Waals surface area contributed by atoms with Crippen LogP contribution in [0.1, 0.15) is 30.6 Å².